The minimum Gasteiger partial charge on any atom is -0.365 e. The first kappa shape index (κ1) is 19.0. The van der Waals surface area contributed by atoms with Crippen molar-refractivity contribution in [2.75, 3.05) is 54.4 Å². The lowest BCUT2D eigenvalue weighted by molar-refractivity contribution is 0.568. The molecule has 2 saturated heterocycles. The average molecular weight is 405 g/mol. The molecule has 156 valence electrons. The molecule has 0 unspecified atom stereocenters. The number of hydrogen-bond acceptors (Lipinski definition) is 8. The Kier molecular flexibility index (Phi) is 5.56. The van der Waals surface area contributed by atoms with Crippen molar-refractivity contribution in [2.24, 2.45) is 0 Å². The number of aromatic nitrogens is 4. The van der Waals surface area contributed by atoms with Crippen molar-refractivity contribution in [2.45, 2.75) is 25.8 Å². The third kappa shape index (κ3) is 4.14. The molecule has 4 heterocycles. The van der Waals surface area contributed by atoms with Gasteiger partial charge in [0, 0.05) is 45.8 Å². The van der Waals surface area contributed by atoms with Gasteiger partial charge < -0.3 is 20.4 Å². The highest BCUT2D eigenvalue weighted by Gasteiger charge is 2.22. The predicted molar refractivity (Wildman–Crippen MR) is 120 cm³/mol. The maximum absolute atomic E-state index is 4.96. The molecule has 8 nitrogen and oxygen atoms in total. The van der Waals surface area contributed by atoms with Crippen LogP contribution < -0.4 is 20.4 Å². The van der Waals surface area contributed by atoms with E-state index in [-0.39, 0.29) is 0 Å². The molecule has 30 heavy (non-hydrogen) atoms. The summed E-state index contributed by atoms with van der Waals surface area (Å²) in [4.78, 5) is 23.9. The summed E-state index contributed by atoms with van der Waals surface area (Å²) in [5, 5.41) is 6.78. The molecule has 0 atom stereocenters. The van der Waals surface area contributed by atoms with Gasteiger partial charge in [-0.25, -0.2) is 9.97 Å². The van der Waals surface area contributed by atoms with Crippen LogP contribution in [0.15, 0.2) is 36.5 Å². The minimum atomic E-state index is 0.664. The molecule has 2 aliphatic rings. The van der Waals surface area contributed by atoms with Crippen LogP contribution in [0.25, 0.3) is 11.2 Å². The van der Waals surface area contributed by atoms with E-state index in [1.54, 1.807) is 6.20 Å². The van der Waals surface area contributed by atoms with Crippen molar-refractivity contribution in [3.05, 3.63) is 42.1 Å². The van der Waals surface area contributed by atoms with E-state index < -0.39 is 0 Å². The zero-order valence-electron chi connectivity index (χ0n) is 17.2. The van der Waals surface area contributed by atoms with Crippen molar-refractivity contribution < 1.29 is 0 Å². The first-order chi connectivity index (χ1) is 14.9. The smallest absolute Gasteiger partial charge is 0.229 e. The summed E-state index contributed by atoms with van der Waals surface area (Å²) in [5.74, 6) is 2.43. The molecule has 2 aliphatic heterocycles. The number of rotatable bonds is 5. The Balaban J connectivity index is 1.48. The van der Waals surface area contributed by atoms with Crippen LogP contribution in [0.2, 0.25) is 0 Å². The van der Waals surface area contributed by atoms with E-state index in [0.29, 0.717) is 12.2 Å². The maximum atomic E-state index is 4.96. The molecule has 0 saturated carbocycles. The van der Waals surface area contributed by atoms with E-state index in [0.717, 1.165) is 62.4 Å². The van der Waals surface area contributed by atoms with Crippen molar-refractivity contribution in [3.63, 3.8) is 0 Å². The Labute approximate surface area is 176 Å². The molecule has 2 N–H and O–H groups in total. The summed E-state index contributed by atoms with van der Waals surface area (Å²) >= 11 is 0. The summed E-state index contributed by atoms with van der Waals surface area (Å²) < 4.78 is 0. The number of piperidine rings is 1. The highest BCUT2D eigenvalue weighted by Crippen LogP contribution is 2.27. The monoisotopic (exact) mass is 404 g/mol. The summed E-state index contributed by atoms with van der Waals surface area (Å²) in [7, 11) is 0. The van der Waals surface area contributed by atoms with E-state index in [1.807, 2.05) is 18.2 Å². The zero-order chi connectivity index (χ0) is 20.2. The van der Waals surface area contributed by atoms with Crippen LogP contribution in [0, 0.1) is 0 Å². The van der Waals surface area contributed by atoms with Gasteiger partial charge >= 0.3 is 0 Å². The van der Waals surface area contributed by atoms with Gasteiger partial charge in [-0.1, -0.05) is 30.3 Å². The Hall–Kier alpha value is -3.00. The third-order valence-corrected chi connectivity index (χ3v) is 5.75. The number of hydrogen-bond donors (Lipinski definition) is 2. The normalized spacial score (nSPS) is 17.3. The molecular weight excluding hydrogens is 376 g/mol. The fourth-order valence-corrected chi connectivity index (χ4v) is 4.09. The molecule has 1 aromatic carbocycles. The first-order valence-electron chi connectivity index (χ1n) is 10.9. The topological polar surface area (TPSA) is 82.1 Å². The van der Waals surface area contributed by atoms with E-state index in [1.165, 1.54) is 24.8 Å². The highest BCUT2D eigenvalue weighted by atomic mass is 15.3. The van der Waals surface area contributed by atoms with Gasteiger partial charge in [-0.2, -0.15) is 9.97 Å². The van der Waals surface area contributed by atoms with Crippen molar-refractivity contribution >= 4 is 28.7 Å². The van der Waals surface area contributed by atoms with Crippen LogP contribution in [-0.4, -0.2) is 59.2 Å². The predicted octanol–water partition coefficient (Wildman–Crippen LogP) is 2.43. The van der Waals surface area contributed by atoms with Crippen LogP contribution in [-0.2, 0) is 6.54 Å². The molecule has 0 amide bonds. The quantitative estimate of drug-likeness (QED) is 0.671. The van der Waals surface area contributed by atoms with E-state index in [9.17, 15) is 0 Å². The second-order valence-electron chi connectivity index (χ2n) is 7.90. The molecule has 8 heteroatoms. The Morgan fingerprint density at radius 2 is 1.67 bits per heavy atom. The Morgan fingerprint density at radius 3 is 2.47 bits per heavy atom. The van der Waals surface area contributed by atoms with Crippen molar-refractivity contribution in [1.29, 1.82) is 0 Å². The van der Waals surface area contributed by atoms with Crippen LogP contribution in [0.5, 0.6) is 0 Å². The lowest BCUT2D eigenvalue weighted by atomic mass is 10.1. The summed E-state index contributed by atoms with van der Waals surface area (Å²) in [6, 6.07) is 10.3. The number of nitrogens with one attached hydrogen (secondary N) is 2. The van der Waals surface area contributed by atoms with Gasteiger partial charge in [0.1, 0.15) is 5.82 Å². The summed E-state index contributed by atoms with van der Waals surface area (Å²) in [6.07, 6.45) is 5.47. The highest BCUT2D eigenvalue weighted by molar-refractivity contribution is 5.85. The van der Waals surface area contributed by atoms with Crippen LogP contribution in [0.4, 0.5) is 17.6 Å². The Morgan fingerprint density at radius 1 is 0.867 bits per heavy atom. The average Bonchev–Trinajstić information content (AvgIpc) is 2.83. The molecule has 0 radical (unpaired) electrons. The fourth-order valence-electron chi connectivity index (χ4n) is 4.09. The van der Waals surface area contributed by atoms with Gasteiger partial charge in [0.2, 0.25) is 5.95 Å². The second kappa shape index (κ2) is 8.79. The molecule has 3 aromatic rings. The van der Waals surface area contributed by atoms with Crippen LogP contribution >= 0.6 is 0 Å². The molecule has 2 aromatic heterocycles. The van der Waals surface area contributed by atoms with Gasteiger partial charge in [-0.05, 0) is 24.8 Å². The third-order valence-electron chi connectivity index (χ3n) is 5.75. The number of piperazine rings is 1. The SMILES string of the molecule is c1ccc(CNc2cnc3c(N4CCCCC4)nc(N4CCNCC4)nc3n2)cc1. The maximum Gasteiger partial charge on any atom is 0.229 e. The van der Waals surface area contributed by atoms with Crippen molar-refractivity contribution in [1.82, 2.24) is 25.3 Å². The van der Waals surface area contributed by atoms with Crippen LogP contribution in [0.3, 0.4) is 0 Å². The van der Waals surface area contributed by atoms with E-state index >= 15 is 0 Å². The van der Waals surface area contributed by atoms with E-state index in [2.05, 4.69) is 32.6 Å². The summed E-state index contributed by atoms with van der Waals surface area (Å²) in [5.41, 5.74) is 2.66. The summed E-state index contributed by atoms with van der Waals surface area (Å²) in [6.45, 7) is 6.45. The number of nitrogens with zero attached hydrogens (tertiary/aromatic N) is 6. The first-order valence-corrected chi connectivity index (χ1v) is 10.9. The zero-order valence-corrected chi connectivity index (χ0v) is 17.2. The van der Waals surface area contributed by atoms with Gasteiger partial charge in [0.15, 0.2) is 17.0 Å². The van der Waals surface area contributed by atoms with Crippen LogP contribution in [0.1, 0.15) is 24.8 Å². The minimum absolute atomic E-state index is 0.664. The van der Waals surface area contributed by atoms with Gasteiger partial charge in [0.25, 0.3) is 0 Å². The number of benzene rings is 1. The largest absolute Gasteiger partial charge is 0.365 e. The molecule has 0 spiro atoms. The lowest BCUT2D eigenvalue weighted by Gasteiger charge is -2.31. The molecular formula is C22H28N8. The lowest BCUT2D eigenvalue weighted by Crippen LogP contribution is -2.44. The Bertz CT molecular complexity index is 981. The standard InChI is InChI=1S/C22H28N8/c1-3-7-17(8-4-1)15-24-18-16-25-19-20(26-18)27-22(30-13-9-23-10-14-30)28-21(19)29-11-5-2-6-12-29/h1,3-4,7-8,16,23H,2,5-6,9-15H2,(H,24,26,27,28). The molecule has 0 bridgehead atoms. The van der Waals surface area contributed by atoms with Gasteiger partial charge in [0.05, 0.1) is 6.20 Å². The number of fused-ring (bicyclic) bond motifs is 1. The molecule has 5 rings (SSSR count). The number of anilines is 3. The molecule has 2 fully saturated rings. The van der Waals surface area contributed by atoms with Gasteiger partial charge in [-0.15, -0.1) is 0 Å². The van der Waals surface area contributed by atoms with Gasteiger partial charge in [-0.3, -0.25) is 0 Å². The van der Waals surface area contributed by atoms with Crippen molar-refractivity contribution in [3.8, 4) is 0 Å². The second-order valence-corrected chi connectivity index (χ2v) is 7.90. The van der Waals surface area contributed by atoms with E-state index in [4.69, 9.17) is 19.9 Å². The molecule has 0 aliphatic carbocycles. The fraction of sp³-hybridized carbons (Fsp3) is 0.455.